The summed E-state index contributed by atoms with van der Waals surface area (Å²) in [6, 6.07) is 11.4. The number of anilines is 1. The molecule has 1 fully saturated rings. The first-order valence-corrected chi connectivity index (χ1v) is 10.9. The van der Waals surface area contributed by atoms with Gasteiger partial charge in [0.25, 0.3) is 15.9 Å². The molecule has 1 aliphatic rings. The summed E-state index contributed by atoms with van der Waals surface area (Å²) in [6.45, 7) is 2.90. The van der Waals surface area contributed by atoms with Gasteiger partial charge >= 0.3 is 0 Å². The molecule has 0 radical (unpaired) electrons. The number of benzene rings is 2. The van der Waals surface area contributed by atoms with Gasteiger partial charge in [-0.1, -0.05) is 18.2 Å². The maximum Gasteiger partial charge on any atom is 0.264 e. The van der Waals surface area contributed by atoms with Crippen LogP contribution < -0.4 is 14.4 Å². The third-order valence-corrected chi connectivity index (χ3v) is 6.82. The van der Waals surface area contributed by atoms with Crippen molar-refractivity contribution in [2.24, 2.45) is 0 Å². The number of aryl methyl sites for hydroxylation is 1. The Labute approximate surface area is 171 Å². The van der Waals surface area contributed by atoms with E-state index in [4.69, 9.17) is 9.47 Å². The number of ether oxygens (including phenoxy) is 2. The number of sulfonamides is 1. The monoisotopic (exact) mass is 418 g/mol. The topological polar surface area (TPSA) is 84.9 Å². The molecule has 0 saturated carbocycles. The number of carbonyl (C=O) groups excluding carboxylic acids is 1. The highest BCUT2D eigenvalue weighted by Gasteiger charge is 2.25. The zero-order valence-electron chi connectivity index (χ0n) is 16.8. The van der Waals surface area contributed by atoms with Crippen LogP contribution in [0.3, 0.4) is 0 Å². The largest absolute Gasteiger partial charge is 0.495 e. The van der Waals surface area contributed by atoms with Gasteiger partial charge in [0.2, 0.25) is 0 Å². The Morgan fingerprint density at radius 1 is 1.28 bits per heavy atom. The van der Waals surface area contributed by atoms with Crippen LogP contribution in [-0.4, -0.2) is 47.7 Å². The molecule has 1 N–H and O–H groups in total. The van der Waals surface area contributed by atoms with Gasteiger partial charge < -0.3 is 14.8 Å². The fourth-order valence-electron chi connectivity index (χ4n) is 3.29. The molecule has 2 aromatic carbocycles. The minimum absolute atomic E-state index is 0.0165. The van der Waals surface area contributed by atoms with Crippen molar-refractivity contribution in [1.82, 2.24) is 5.32 Å². The van der Waals surface area contributed by atoms with Crippen molar-refractivity contribution in [3.63, 3.8) is 0 Å². The van der Waals surface area contributed by atoms with Gasteiger partial charge in [0.15, 0.2) is 0 Å². The number of nitrogens with zero attached hydrogens (tertiary/aromatic N) is 1. The summed E-state index contributed by atoms with van der Waals surface area (Å²) in [4.78, 5) is 12.7. The second kappa shape index (κ2) is 8.84. The fourth-order valence-corrected chi connectivity index (χ4v) is 4.52. The number of para-hydroxylation sites is 2. The highest BCUT2D eigenvalue weighted by Crippen LogP contribution is 2.31. The Balaban J connectivity index is 1.86. The van der Waals surface area contributed by atoms with E-state index in [1.54, 1.807) is 37.3 Å². The van der Waals surface area contributed by atoms with E-state index < -0.39 is 10.0 Å². The van der Waals surface area contributed by atoms with E-state index in [-0.39, 0.29) is 16.9 Å². The van der Waals surface area contributed by atoms with E-state index >= 15 is 0 Å². The summed E-state index contributed by atoms with van der Waals surface area (Å²) >= 11 is 0. The third-order valence-electron chi connectivity index (χ3n) is 5.05. The Bertz CT molecular complexity index is 984. The molecule has 1 atom stereocenters. The van der Waals surface area contributed by atoms with Gasteiger partial charge in [-0.05, 0) is 49.6 Å². The van der Waals surface area contributed by atoms with Crippen LogP contribution in [0.1, 0.15) is 28.8 Å². The van der Waals surface area contributed by atoms with Crippen LogP contribution in [0.4, 0.5) is 5.69 Å². The standard InChI is InChI=1S/C21H26N2O5S/c1-15-10-11-17(13-18(15)21(24)22-14-16-7-6-12-28-16)29(25,26)23(2)19-8-4-5-9-20(19)27-3/h4-5,8-11,13,16H,6-7,12,14H2,1-3H3,(H,22,24). The third kappa shape index (κ3) is 4.54. The minimum Gasteiger partial charge on any atom is -0.495 e. The molecule has 0 bridgehead atoms. The van der Waals surface area contributed by atoms with Crippen LogP contribution >= 0.6 is 0 Å². The van der Waals surface area contributed by atoms with Gasteiger partial charge in [0.05, 0.1) is 23.8 Å². The molecule has 1 unspecified atom stereocenters. The second-order valence-corrected chi connectivity index (χ2v) is 8.94. The molecule has 1 aliphatic heterocycles. The maximum absolute atomic E-state index is 13.2. The molecule has 1 heterocycles. The number of methoxy groups -OCH3 is 1. The predicted octanol–water partition coefficient (Wildman–Crippen LogP) is 2.74. The van der Waals surface area contributed by atoms with Crippen molar-refractivity contribution >= 4 is 21.6 Å². The number of nitrogens with one attached hydrogen (secondary N) is 1. The molecule has 1 amide bonds. The highest BCUT2D eigenvalue weighted by atomic mass is 32.2. The number of hydrogen-bond donors (Lipinski definition) is 1. The molecular formula is C21H26N2O5S. The van der Waals surface area contributed by atoms with E-state index in [0.29, 0.717) is 35.7 Å². The first kappa shape index (κ1) is 21.1. The Kier molecular flexibility index (Phi) is 6.44. The number of carbonyl (C=O) groups is 1. The van der Waals surface area contributed by atoms with Crippen molar-refractivity contribution < 1.29 is 22.7 Å². The number of rotatable bonds is 7. The molecule has 3 rings (SSSR count). The first-order valence-electron chi connectivity index (χ1n) is 9.47. The van der Waals surface area contributed by atoms with Gasteiger partial charge in [-0.2, -0.15) is 0 Å². The normalized spacial score (nSPS) is 16.4. The number of hydrogen-bond acceptors (Lipinski definition) is 5. The van der Waals surface area contributed by atoms with Gasteiger partial charge in [-0.15, -0.1) is 0 Å². The molecule has 2 aromatic rings. The lowest BCUT2D eigenvalue weighted by atomic mass is 10.1. The van der Waals surface area contributed by atoms with Crippen molar-refractivity contribution in [1.29, 1.82) is 0 Å². The Hall–Kier alpha value is -2.58. The molecule has 1 saturated heterocycles. The van der Waals surface area contributed by atoms with Crippen molar-refractivity contribution in [3.05, 3.63) is 53.6 Å². The fraction of sp³-hybridized carbons (Fsp3) is 0.381. The molecule has 156 valence electrons. The van der Waals surface area contributed by atoms with Crippen LogP contribution in [0.25, 0.3) is 0 Å². The van der Waals surface area contributed by atoms with Crippen molar-refractivity contribution in [3.8, 4) is 5.75 Å². The summed E-state index contributed by atoms with van der Waals surface area (Å²) in [5.74, 6) is 0.134. The smallest absolute Gasteiger partial charge is 0.264 e. The summed E-state index contributed by atoms with van der Waals surface area (Å²) in [5.41, 5.74) is 1.45. The summed E-state index contributed by atoms with van der Waals surface area (Å²) in [5, 5.41) is 2.85. The van der Waals surface area contributed by atoms with Gasteiger partial charge in [0.1, 0.15) is 5.75 Å². The van der Waals surface area contributed by atoms with Gasteiger partial charge in [-0.3, -0.25) is 9.10 Å². The van der Waals surface area contributed by atoms with E-state index in [1.807, 2.05) is 0 Å². The van der Waals surface area contributed by atoms with E-state index in [1.165, 1.54) is 26.3 Å². The molecule has 29 heavy (non-hydrogen) atoms. The lowest BCUT2D eigenvalue weighted by Crippen LogP contribution is -2.32. The lowest BCUT2D eigenvalue weighted by Gasteiger charge is -2.22. The molecule has 0 spiro atoms. The van der Waals surface area contributed by atoms with Crippen LogP contribution in [-0.2, 0) is 14.8 Å². The molecule has 0 aromatic heterocycles. The quantitative estimate of drug-likeness (QED) is 0.747. The van der Waals surface area contributed by atoms with Crippen LogP contribution in [0.5, 0.6) is 5.75 Å². The predicted molar refractivity (Wildman–Crippen MR) is 111 cm³/mol. The molecule has 7 nitrogen and oxygen atoms in total. The van der Waals surface area contributed by atoms with E-state index in [2.05, 4.69) is 5.32 Å². The van der Waals surface area contributed by atoms with Crippen LogP contribution in [0.2, 0.25) is 0 Å². The highest BCUT2D eigenvalue weighted by molar-refractivity contribution is 7.92. The zero-order valence-corrected chi connectivity index (χ0v) is 17.7. The lowest BCUT2D eigenvalue weighted by molar-refractivity contribution is 0.0857. The van der Waals surface area contributed by atoms with Crippen molar-refractivity contribution in [2.45, 2.75) is 30.8 Å². The average molecular weight is 419 g/mol. The van der Waals surface area contributed by atoms with E-state index in [9.17, 15) is 13.2 Å². The molecule has 0 aliphatic carbocycles. The Morgan fingerprint density at radius 3 is 2.72 bits per heavy atom. The van der Waals surface area contributed by atoms with Crippen molar-refractivity contribution in [2.75, 3.05) is 31.6 Å². The van der Waals surface area contributed by atoms with E-state index in [0.717, 1.165) is 17.1 Å². The van der Waals surface area contributed by atoms with Gasteiger partial charge in [-0.25, -0.2) is 8.42 Å². The van der Waals surface area contributed by atoms with Gasteiger partial charge in [0, 0.05) is 25.8 Å². The second-order valence-electron chi connectivity index (χ2n) is 6.97. The average Bonchev–Trinajstić information content (AvgIpc) is 3.25. The first-order chi connectivity index (χ1) is 13.8. The summed E-state index contributed by atoms with van der Waals surface area (Å²) in [6.07, 6.45) is 1.92. The summed E-state index contributed by atoms with van der Waals surface area (Å²) < 4.78 is 38.3. The molecule has 8 heteroatoms. The Morgan fingerprint density at radius 2 is 2.03 bits per heavy atom. The molecular weight excluding hydrogens is 392 g/mol. The zero-order chi connectivity index (χ0) is 21.0. The van der Waals surface area contributed by atoms with Crippen LogP contribution in [0.15, 0.2) is 47.4 Å². The number of amides is 1. The SMILES string of the molecule is COc1ccccc1N(C)S(=O)(=O)c1ccc(C)c(C(=O)NCC2CCCO2)c1. The maximum atomic E-state index is 13.2. The minimum atomic E-state index is -3.88. The summed E-state index contributed by atoms with van der Waals surface area (Å²) in [7, 11) is -0.929. The van der Waals surface area contributed by atoms with Crippen LogP contribution in [0, 0.1) is 6.92 Å².